The van der Waals surface area contributed by atoms with Crippen LogP contribution in [0.15, 0.2) is 11.6 Å². The minimum Gasteiger partial charge on any atom is -0.303 e. The van der Waals surface area contributed by atoms with Crippen molar-refractivity contribution >= 4 is 6.29 Å². The molecule has 1 nitrogen and oxygen atoms in total. The number of hydrogen-bond acceptors (Lipinski definition) is 1. The summed E-state index contributed by atoms with van der Waals surface area (Å²) < 4.78 is 0. The summed E-state index contributed by atoms with van der Waals surface area (Å²) >= 11 is 0. The third kappa shape index (κ3) is 3.67. The largest absolute Gasteiger partial charge is 0.303 e. The van der Waals surface area contributed by atoms with Gasteiger partial charge in [0.25, 0.3) is 0 Å². The third-order valence-electron chi connectivity index (χ3n) is 10.5. The van der Waals surface area contributed by atoms with Crippen molar-refractivity contribution in [2.75, 3.05) is 0 Å². The van der Waals surface area contributed by atoms with Crippen molar-refractivity contribution in [3.63, 3.8) is 0 Å². The number of fused-ring (bicyclic) bond motifs is 5. The molecule has 8 atom stereocenters. The minimum absolute atomic E-state index is 0.200. The van der Waals surface area contributed by atoms with Crippen LogP contribution in [0.2, 0.25) is 0 Å². The lowest BCUT2D eigenvalue weighted by molar-refractivity contribution is -0.111. The van der Waals surface area contributed by atoms with Crippen molar-refractivity contribution in [1.82, 2.24) is 0 Å². The summed E-state index contributed by atoms with van der Waals surface area (Å²) in [5.41, 5.74) is 2.64. The van der Waals surface area contributed by atoms with Crippen LogP contribution in [0.4, 0.5) is 0 Å². The van der Waals surface area contributed by atoms with Gasteiger partial charge in [-0.3, -0.25) is 0 Å². The predicted molar refractivity (Wildman–Crippen MR) is 123 cm³/mol. The Morgan fingerprint density at radius 2 is 1.79 bits per heavy atom. The Morgan fingerprint density at radius 3 is 2.52 bits per heavy atom. The number of rotatable bonds is 6. The van der Waals surface area contributed by atoms with Crippen LogP contribution >= 0.6 is 0 Å². The Labute approximate surface area is 180 Å². The van der Waals surface area contributed by atoms with Gasteiger partial charge < -0.3 is 4.79 Å². The first-order chi connectivity index (χ1) is 13.8. The Bertz CT molecular complexity index is 632. The van der Waals surface area contributed by atoms with Crippen LogP contribution in [0.5, 0.6) is 0 Å². The fraction of sp³-hybridized carbons (Fsp3) is 0.893. The highest BCUT2D eigenvalue weighted by molar-refractivity contribution is 5.58. The summed E-state index contributed by atoms with van der Waals surface area (Å²) in [4.78, 5) is 11.4. The van der Waals surface area contributed by atoms with E-state index in [4.69, 9.17) is 0 Å². The molecule has 0 aromatic heterocycles. The second-order valence-electron chi connectivity index (χ2n) is 12.4. The zero-order chi connectivity index (χ0) is 20.8. The highest BCUT2D eigenvalue weighted by Crippen LogP contribution is 2.67. The maximum absolute atomic E-state index is 11.4. The molecule has 0 N–H and O–H groups in total. The van der Waals surface area contributed by atoms with Crippen molar-refractivity contribution in [3.8, 4) is 0 Å². The van der Waals surface area contributed by atoms with Gasteiger partial charge in [-0.25, -0.2) is 0 Å². The zero-order valence-corrected chi connectivity index (χ0v) is 19.9. The normalized spacial score (nSPS) is 45.2. The summed E-state index contributed by atoms with van der Waals surface area (Å²) in [5.74, 6) is 5.69. The first kappa shape index (κ1) is 21.6. The lowest BCUT2D eigenvalue weighted by atomic mass is 9.46. The molecule has 0 bridgehead atoms. The van der Waals surface area contributed by atoms with E-state index in [0.29, 0.717) is 10.8 Å². The number of allylic oxidation sites excluding steroid dienone is 2. The van der Waals surface area contributed by atoms with Gasteiger partial charge in [-0.05, 0) is 97.7 Å². The average molecular weight is 399 g/mol. The van der Waals surface area contributed by atoms with Crippen LogP contribution in [-0.4, -0.2) is 6.29 Å². The third-order valence-corrected chi connectivity index (χ3v) is 10.5. The summed E-state index contributed by atoms with van der Waals surface area (Å²) in [6.07, 6.45) is 18.7. The van der Waals surface area contributed by atoms with Crippen molar-refractivity contribution < 1.29 is 4.79 Å². The van der Waals surface area contributed by atoms with Gasteiger partial charge in [0.2, 0.25) is 0 Å². The topological polar surface area (TPSA) is 17.1 Å². The maximum atomic E-state index is 11.4. The number of hydrogen-bond donors (Lipinski definition) is 0. The number of carbonyl (C=O) groups is 1. The fourth-order valence-electron chi connectivity index (χ4n) is 8.89. The highest BCUT2D eigenvalue weighted by Gasteiger charge is 2.59. The monoisotopic (exact) mass is 398 g/mol. The molecule has 3 fully saturated rings. The van der Waals surface area contributed by atoms with E-state index in [1.807, 2.05) is 0 Å². The fourth-order valence-corrected chi connectivity index (χ4v) is 8.89. The summed E-state index contributed by atoms with van der Waals surface area (Å²) in [5, 5.41) is 0. The molecule has 4 aliphatic rings. The predicted octanol–water partition coefficient (Wildman–Crippen LogP) is 7.84. The first-order valence-corrected chi connectivity index (χ1v) is 13.0. The van der Waals surface area contributed by atoms with Crippen molar-refractivity contribution in [2.45, 2.75) is 105 Å². The molecule has 4 rings (SSSR count). The number of carbonyl (C=O) groups excluding carboxylic acids is 1. The van der Waals surface area contributed by atoms with E-state index in [1.54, 1.807) is 5.57 Å². The lowest BCUT2D eigenvalue weighted by Crippen LogP contribution is -2.50. The van der Waals surface area contributed by atoms with Crippen LogP contribution in [0.3, 0.4) is 0 Å². The molecule has 1 unspecified atom stereocenters. The maximum Gasteiger partial charge on any atom is 0.126 e. The van der Waals surface area contributed by atoms with Crippen molar-refractivity contribution in [2.24, 2.45) is 52.3 Å². The van der Waals surface area contributed by atoms with E-state index < -0.39 is 0 Å². The molecular weight excluding hydrogens is 352 g/mol. The molecule has 0 aromatic rings. The van der Waals surface area contributed by atoms with E-state index in [9.17, 15) is 4.79 Å². The molecule has 0 amide bonds. The molecule has 0 aliphatic heterocycles. The summed E-state index contributed by atoms with van der Waals surface area (Å²) in [6.45, 7) is 12.6. The van der Waals surface area contributed by atoms with Gasteiger partial charge >= 0.3 is 0 Å². The minimum atomic E-state index is 0.200. The van der Waals surface area contributed by atoms with Crippen LogP contribution in [0.1, 0.15) is 105 Å². The van der Waals surface area contributed by atoms with Gasteiger partial charge in [0.15, 0.2) is 0 Å². The molecule has 0 saturated heterocycles. The van der Waals surface area contributed by atoms with Gasteiger partial charge in [-0.1, -0.05) is 65.5 Å². The van der Waals surface area contributed by atoms with Gasteiger partial charge in [0.05, 0.1) is 0 Å². The van der Waals surface area contributed by atoms with Crippen LogP contribution < -0.4 is 0 Å². The Morgan fingerprint density at radius 1 is 1.00 bits per heavy atom. The highest BCUT2D eigenvalue weighted by atomic mass is 16.1. The van der Waals surface area contributed by atoms with Crippen molar-refractivity contribution in [3.05, 3.63) is 11.6 Å². The van der Waals surface area contributed by atoms with E-state index in [1.165, 1.54) is 70.5 Å². The van der Waals surface area contributed by atoms with E-state index in [-0.39, 0.29) is 5.92 Å². The standard InChI is InChI=1S/C28H46O/c1-19(2)7-6-8-20(3)24-11-12-25-23-10-9-22-17-21(18-29)13-15-27(22,4)26(23)14-16-28(24,25)5/h17-21,23-26H,6-16H2,1-5H3/t20-,21?,23+,24-,25+,26+,27+,28-/m1/s1. The SMILES string of the molecule is CC(C)CCC[C@@H](C)[C@H]1CC[C@H]2[C@@H]3CCC4=CC(C=O)CC[C@]4(C)[C@H]3CC[C@]12C. The smallest absolute Gasteiger partial charge is 0.126 e. The molecule has 164 valence electrons. The average Bonchev–Trinajstić information content (AvgIpc) is 3.04. The van der Waals surface area contributed by atoms with Crippen LogP contribution in [-0.2, 0) is 4.79 Å². The summed E-state index contributed by atoms with van der Waals surface area (Å²) in [7, 11) is 0. The molecule has 0 aromatic carbocycles. The van der Waals surface area contributed by atoms with Gasteiger partial charge in [-0.15, -0.1) is 0 Å². The molecule has 3 saturated carbocycles. The molecule has 0 spiro atoms. The Kier molecular flexibility index (Phi) is 6.09. The molecule has 1 heteroatoms. The first-order valence-electron chi connectivity index (χ1n) is 13.0. The zero-order valence-electron chi connectivity index (χ0n) is 19.9. The summed E-state index contributed by atoms with van der Waals surface area (Å²) in [6, 6.07) is 0. The molecule has 29 heavy (non-hydrogen) atoms. The van der Waals surface area contributed by atoms with E-state index in [2.05, 4.69) is 40.7 Å². The molecule has 4 aliphatic carbocycles. The van der Waals surface area contributed by atoms with E-state index in [0.717, 1.165) is 41.9 Å². The van der Waals surface area contributed by atoms with Gasteiger partial charge in [0.1, 0.15) is 6.29 Å². The van der Waals surface area contributed by atoms with Gasteiger partial charge in [-0.2, -0.15) is 0 Å². The van der Waals surface area contributed by atoms with Crippen LogP contribution in [0.25, 0.3) is 0 Å². The molecule has 0 radical (unpaired) electrons. The second-order valence-corrected chi connectivity index (χ2v) is 12.4. The van der Waals surface area contributed by atoms with Crippen LogP contribution in [0, 0.1) is 52.3 Å². The van der Waals surface area contributed by atoms with Gasteiger partial charge in [0, 0.05) is 5.92 Å². The lowest BCUT2D eigenvalue weighted by Gasteiger charge is -2.59. The molecular formula is C28H46O. The molecule has 0 heterocycles. The number of aldehydes is 1. The Hall–Kier alpha value is -0.590. The second kappa shape index (κ2) is 8.16. The van der Waals surface area contributed by atoms with E-state index >= 15 is 0 Å². The van der Waals surface area contributed by atoms with Crippen molar-refractivity contribution in [1.29, 1.82) is 0 Å². The quantitative estimate of drug-likeness (QED) is 0.329. The Balaban J connectivity index is 1.49.